The lowest BCUT2D eigenvalue weighted by atomic mass is 10.2. The quantitative estimate of drug-likeness (QED) is 0.655. The van der Waals surface area contributed by atoms with E-state index in [0.29, 0.717) is 6.04 Å². The zero-order valence-corrected chi connectivity index (χ0v) is 9.33. The Morgan fingerprint density at radius 2 is 2.00 bits per heavy atom. The van der Waals surface area contributed by atoms with Crippen LogP contribution in [-0.4, -0.2) is 50.3 Å². The van der Waals surface area contributed by atoms with Gasteiger partial charge in [0.2, 0.25) is 0 Å². The molecule has 80 valence electrons. The summed E-state index contributed by atoms with van der Waals surface area (Å²) in [6, 6.07) is 0.693. The average Bonchev–Trinajstić information content (AvgIpc) is 2.28. The molecule has 2 heterocycles. The summed E-state index contributed by atoms with van der Waals surface area (Å²) in [6.45, 7) is 6.51. The fourth-order valence-electron chi connectivity index (χ4n) is 1.87. The van der Waals surface area contributed by atoms with Gasteiger partial charge in [0.15, 0.2) is 0 Å². The maximum Gasteiger partial charge on any atom is 0.0623 e. The summed E-state index contributed by atoms with van der Waals surface area (Å²) in [6.07, 6.45) is 1.25. The second kappa shape index (κ2) is 6.85. The topological polar surface area (TPSA) is 24.5 Å². The molecule has 0 bridgehead atoms. The number of halogens is 2. The van der Waals surface area contributed by atoms with Gasteiger partial charge < -0.3 is 10.1 Å². The second-order valence-electron chi connectivity index (χ2n) is 3.30. The summed E-state index contributed by atoms with van der Waals surface area (Å²) in [5.74, 6) is 0. The Hall–Kier alpha value is 0.460. The molecular formula is C8H18Cl2N2O. The van der Waals surface area contributed by atoms with Gasteiger partial charge in [-0.1, -0.05) is 0 Å². The Bertz CT molecular complexity index is 123. The Morgan fingerprint density at radius 1 is 1.15 bits per heavy atom. The third-order valence-corrected chi connectivity index (χ3v) is 2.58. The van der Waals surface area contributed by atoms with Crippen LogP contribution < -0.4 is 5.32 Å². The minimum absolute atomic E-state index is 0. The molecule has 0 aromatic carbocycles. The van der Waals surface area contributed by atoms with Crippen molar-refractivity contribution >= 4 is 24.8 Å². The predicted molar refractivity (Wildman–Crippen MR) is 58.2 cm³/mol. The Kier molecular flexibility index (Phi) is 7.09. The van der Waals surface area contributed by atoms with Crippen molar-refractivity contribution in [3.05, 3.63) is 0 Å². The molecular weight excluding hydrogens is 211 g/mol. The van der Waals surface area contributed by atoms with Crippen molar-refractivity contribution in [1.29, 1.82) is 0 Å². The van der Waals surface area contributed by atoms with Crippen LogP contribution in [0.3, 0.4) is 0 Å². The van der Waals surface area contributed by atoms with Crippen molar-refractivity contribution in [3.63, 3.8) is 0 Å². The fourth-order valence-corrected chi connectivity index (χ4v) is 1.87. The van der Waals surface area contributed by atoms with E-state index in [1.54, 1.807) is 0 Å². The Labute approximate surface area is 92.0 Å². The van der Waals surface area contributed by atoms with Gasteiger partial charge in [0, 0.05) is 25.7 Å². The first kappa shape index (κ1) is 13.5. The van der Waals surface area contributed by atoms with Gasteiger partial charge in [0.05, 0.1) is 13.2 Å². The van der Waals surface area contributed by atoms with E-state index >= 15 is 0 Å². The van der Waals surface area contributed by atoms with Crippen LogP contribution in [0.1, 0.15) is 6.42 Å². The normalized spacial score (nSPS) is 29.1. The van der Waals surface area contributed by atoms with Gasteiger partial charge in [-0.25, -0.2) is 0 Å². The smallest absolute Gasteiger partial charge is 0.0623 e. The van der Waals surface area contributed by atoms with Gasteiger partial charge in [-0.15, -0.1) is 24.8 Å². The van der Waals surface area contributed by atoms with Crippen LogP contribution >= 0.6 is 24.8 Å². The number of rotatable bonds is 0. The summed E-state index contributed by atoms with van der Waals surface area (Å²) in [5.41, 5.74) is 0. The minimum atomic E-state index is 0. The Balaban J connectivity index is 0.000000720. The number of ether oxygens (including phenoxy) is 1. The molecule has 3 nitrogen and oxygen atoms in total. The molecule has 2 aliphatic rings. The van der Waals surface area contributed by atoms with E-state index in [-0.39, 0.29) is 24.8 Å². The Morgan fingerprint density at radius 3 is 2.85 bits per heavy atom. The van der Waals surface area contributed by atoms with Crippen molar-refractivity contribution in [2.45, 2.75) is 12.5 Å². The van der Waals surface area contributed by atoms with Gasteiger partial charge in [0.1, 0.15) is 0 Å². The zero-order chi connectivity index (χ0) is 7.52. The molecule has 0 aromatic rings. The minimum Gasteiger partial charge on any atom is -0.378 e. The highest BCUT2D eigenvalue weighted by Gasteiger charge is 2.23. The molecule has 0 aliphatic carbocycles. The lowest BCUT2D eigenvalue weighted by Gasteiger charge is -2.33. The van der Waals surface area contributed by atoms with Crippen LogP contribution in [0.2, 0.25) is 0 Å². The van der Waals surface area contributed by atoms with E-state index < -0.39 is 0 Å². The average molecular weight is 229 g/mol. The first-order chi connectivity index (χ1) is 5.47. The van der Waals surface area contributed by atoms with Crippen LogP contribution in [0.4, 0.5) is 0 Å². The highest BCUT2D eigenvalue weighted by Crippen LogP contribution is 2.10. The number of nitrogens with one attached hydrogen (secondary N) is 1. The number of hydrogen-bond acceptors (Lipinski definition) is 3. The zero-order valence-electron chi connectivity index (χ0n) is 7.70. The standard InChI is InChI=1S/C8H16N2O.2ClH/c1-2-9-3-4-10-5-6-11-7-8(1)10;;/h8-9H,1-7H2;2*1H. The maximum atomic E-state index is 5.43. The van der Waals surface area contributed by atoms with Crippen molar-refractivity contribution in [1.82, 2.24) is 10.2 Å². The highest BCUT2D eigenvalue weighted by atomic mass is 35.5. The first-order valence-electron chi connectivity index (χ1n) is 4.49. The fraction of sp³-hybridized carbons (Fsp3) is 1.00. The predicted octanol–water partition coefficient (Wildman–Crippen LogP) is 0.524. The molecule has 0 aromatic heterocycles. The van der Waals surface area contributed by atoms with Crippen molar-refractivity contribution < 1.29 is 4.74 Å². The summed E-state index contributed by atoms with van der Waals surface area (Å²) < 4.78 is 5.43. The molecule has 2 saturated heterocycles. The summed E-state index contributed by atoms with van der Waals surface area (Å²) in [7, 11) is 0. The van der Waals surface area contributed by atoms with E-state index in [4.69, 9.17) is 4.74 Å². The number of fused-ring (bicyclic) bond motifs is 1. The van der Waals surface area contributed by atoms with Crippen molar-refractivity contribution in [3.8, 4) is 0 Å². The SMILES string of the molecule is C1CC2COCCN2CCN1.Cl.Cl. The van der Waals surface area contributed by atoms with E-state index in [1.165, 1.54) is 13.0 Å². The molecule has 1 unspecified atom stereocenters. The molecule has 2 aliphatic heterocycles. The monoisotopic (exact) mass is 228 g/mol. The molecule has 5 heteroatoms. The van der Waals surface area contributed by atoms with E-state index in [9.17, 15) is 0 Å². The van der Waals surface area contributed by atoms with Crippen LogP contribution in [0, 0.1) is 0 Å². The molecule has 2 rings (SSSR count). The number of hydrogen-bond donors (Lipinski definition) is 1. The summed E-state index contributed by atoms with van der Waals surface area (Å²) >= 11 is 0. The highest BCUT2D eigenvalue weighted by molar-refractivity contribution is 5.85. The largest absolute Gasteiger partial charge is 0.378 e. The molecule has 0 spiro atoms. The van der Waals surface area contributed by atoms with E-state index in [1.807, 2.05) is 0 Å². The van der Waals surface area contributed by atoms with Gasteiger partial charge in [-0.05, 0) is 13.0 Å². The molecule has 2 fully saturated rings. The third-order valence-electron chi connectivity index (χ3n) is 2.58. The number of nitrogens with zero attached hydrogens (tertiary/aromatic N) is 1. The lowest BCUT2D eigenvalue weighted by Crippen LogP contribution is -2.45. The van der Waals surface area contributed by atoms with Gasteiger partial charge >= 0.3 is 0 Å². The molecule has 13 heavy (non-hydrogen) atoms. The van der Waals surface area contributed by atoms with Crippen molar-refractivity contribution in [2.75, 3.05) is 39.4 Å². The molecule has 1 N–H and O–H groups in total. The molecule has 1 atom stereocenters. The third kappa shape index (κ3) is 3.60. The first-order valence-corrected chi connectivity index (χ1v) is 4.49. The molecule has 0 saturated carbocycles. The van der Waals surface area contributed by atoms with Gasteiger partial charge in [0.25, 0.3) is 0 Å². The number of morpholine rings is 1. The summed E-state index contributed by atoms with van der Waals surface area (Å²) in [5, 5.41) is 3.41. The van der Waals surface area contributed by atoms with Crippen LogP contribution in [0.25, 0.3) is 0 Å². The van der Waals surface area contributed by atoms with Crippen LogP contribution in [0.5, 0.6) is 0 Å². The second-order valence-corrected chi connectivity index (χ2v) is 3.30. The van der Waals surface area contributed by atoms with E-state index in [2.05, 4.69) is 10.2 Å². The van der Waals surface area contributed by atoms with Gasteiger partial charge in [-0.3, -0.25) is 4.90 Å². The maximum absolute atomic E-state index is 5.43. The molecule has 0 radical (unpaired) electrons. The molecule has 0 amide bonds. The lowest BCUT2D eigenvalue weighted by molar-refractivity contribution is -0.00385. The summed E-state index contributed by atoms with van der Waals surface area (Å²) in [4.78, 5) is 2.55. The van der Waals surface area contributed by atoms with Crippen molar-refractivity contribution in [2.24, 2.45) is 0 Å². The van der Waals surface area contributed by atoms with E-state index in [0.717, 1.165) is 32.8 Å². The van der Waals surface area contributed by atoms with Crippen LogP contribution in [0.15, 0.2) is 0 Å². The van der Waals surface area contributed by atoms with Crippen LogP contribution in [-0.2, 0) is 4.74 Å². The van der Waals surface area contributed by atoms with Gasteiger partial charge in [-0.2, -0.15) is 0 Å².